The molecule has 1 aliphatic heterocycles. The van der Waals surface area contributed by atoms with E-state index in [1.165, 1.54) is 0 Å². The standard InChI is InChI=1S/C15H21Cl2N3O/c1-18-15(19-8-12-5-6-21-10-12)20(2)9-11-3-4-13(16)14(17)7-11/h3-4,7,12H,5-6,8-10H2,1-2H3,(H,18,19). The first kappa shape index (κ1) is 16.4. The zero-order valence-electron chi connectivity index (χ0n) is 12.4. The summed E-state index contributed by atoms with van der Waals surface area (Å²) in [6.07, 6.45) is 1.11. The van der Waals surface area contributed by atoms with Gasteiger partial charge in [0.2, 0.25) is 0 Å². The number of hydrogen-bond acceptors (Lipinski definition) is 2. The Kier molecular flexibility index (Phi) is 6.15. The molecule has 1 saturated heterocycles. The van der Waals surface area contributed by atoms with Crippen LogP contribution in [-0.2, 0) is 11.3 Å². The zero-order valence-corrected chi connectivity index (χ0v) is 13.9. The van der Waals surface area contributed by atoms with Crippen molar-refractivity contribution in [2.45, 2.75) is 13.0 Å². The normalized spacial score (nSPS) is 18.9. The lowest BCUT2D eigenvalue weighted by molar-refractivity contribution is 0.186. The summed E-state index contributed by atoms with van der Waals surface area (Å²) in [5.41, 5.74) is 1.10. The lowest BCUT2D eigenvalue weighted by Crippen LogP contribution is -2.40. The van der Waals surface area contributed by atoms with Crippen molar-refractivity contribution in [3.8, 4) is 0 Å². The van der Waals surface area contributed by atoms with Crippen LogP contribution in [0.3, 0.4) is 0 Å². The number of rotatable bonds is 4. The SMILES string of the molecule is CN=C(NCC1CCOC1)N(C)Cc1ccc(Cl)c(Cl)c1. The molecular weight excluding hydrogens is 309 g/mol. The molecule has 1 aliphatic rings. The van der Waals surface area contributed by atoms with E-state index < -0.39 is 0 Å². The summed E-state index contributed by atoms with van der Waals surface area (Å²) >= 11 is 12.0. The molecule has 116 valence electrons. The number of nitrogens with zero attached hydrogens (tertiary/aromatic N) is 2. The van der Waals surface area contributed by atoms with Gasteiger partial charge in [-0.3, -0.25) is 4.99 Å². The van der Waals surface area contributed by atoms with Crippen molar-refractivity contribution in [1.82, 2.24) is 10.2 Å². The molecule has 1 atom stereocenters. The van der Waals surface area contributed by atoms with Crippen LogP contribution in [0, 0.1) is 5.92 Å². The Morgan fingerprint density at radius 2 is 2.24 bits per heavy atom. The van der Waals surface area contributed by atoms with E-state index in [0.29, 0.717) is 16.0 Å². The summed E-state index contributed by atoms with van der Waals surface area (Å²) in [5.74, 6) is 1.44. The van der Waals surface area contributed by atoms with E-state index in [4.69, 9.17) is 27.9 Å². The van der Waals surface area contributed by atoms with Crippen LogP contribution in [-0.4, -0.2) is 44.7 Å². The number of nitrogens with one attached hydrogen (secondary N) is 1. The molecule has 0 radical (unpaired) electrons. The number of halogens is 2. The van der Waals surface area contributed by atoms with Gasteiger partial charge in [0.05, 0.1) is 16.7 Å². The predicted octanol–water partition coefficient (Wildman–Crippen LogP) is 3.04. The highest BCUT2D eigenvalue weighted by Crippen LogP contribution is 2.23. The van der Waals surface area contributed by atoms with Gasteiger partial charge in [0, 0.05) is 39.7 Å². The number of ether oxygens (including phenoxy) is 1. The van der Waals surface area contributed by atoms with Gasteiger partial charge in [-0.15, -0.1) is 0 Å². The second kappa shape index (κ2) is 7.87. The first-order valence-corrected chi connectivity index (χ1v) is 7.79. The maximum Gasteiger partial charge on any atom is 0.193 e. The molecule has 0 aliphatic carbocycles. The van der Waals surface area contributed by atoms with Crippen LogP contribution >= 0.6 is 23.2 Å². The second-order valence-electron chi connectivity index (χ2n) is 5.26. The molecule has 0 spiro atoms. The third-order valence-electron chi connectivity index (χ3n) is 3.55. The minimum Gasteiger partial charge on any atom is -0.381 e. The van der Waals surface area contributed by atoms with Gasteiger partial charge in [-0.2, -0.15) is 0 Å². The molecule has 0 aromatic heterocycles. The third kappa shape index (κ3) is 4.77. The highest BCUT2D eigenvalue weighted by atomic mass is 35.5. The van der Waals surface area contributed by atoms with Gasteiger partial charge in [-0.05, 0) is 24.1 Å². The Labute approximate surface area is 136 Å². The minimum absolute atomic E-state index is 0.570. The minimum atomic E-state index is 0.570. The highest BCUT2D eigenvalue weighted by Gasteiger charge is 2.16. The van der Waals surface area contributed by atoms with Crippen molar-refractivity contribution < 1.29 is 4.74 Å². The summed E-state index contributed by atoms with van der Waals surface area (Å²) in [4.78, 5) is 6.38. The smallest absolute Gasteiger partial charge is 0.193 e. The first-order chi connectivity index (χ1) is 10.1. The maximum absolute atomic E-state index is 6.05. The molecule has 0 saturated carbocycles. The average Bonchev–Trinajstić information content (AvgIpc) is 2.97. The third-order valence-corrected chi connectivity index (χ3v) is 4.29. The van der Waals surface area contributed by atoms with E-state index in [0.717, 1.165) is 44.2 Å². The Balaban J connectivity index is 1.89. The van der Waals surface area contributed by atoms with E-state index in [9.17, 15) is 0 Å². The molecule has 1 unspecified atom stereocenters. The lowest BCUT2D eigenvalue weighted by Gasteiger charge is -2.23. The van der Waals surface area contributed by atoms with E-state index >= 15 is 0 Å². The van der Waals surface area contributed by atoms with Crippen LogP contribution in [0.5, 0.6) is 0 Å². The molecule has 0 amide bonds. The van der Waals surface area contributed by atoms with Crippen molar-refractivity contribution in [1.29, 1.82) is 0 Å². The maximum atomic E-state index is 6.05. The van der Waals surface area contributed by atoms with Crippen LogP contribution in [0.2, 0.25) is 10.0 Å². The van der Waals surface area contributed by atoms with Gasteiger partial charge in [0.1, 0.15) is 0 Å². The molecular formula is C15H21Cl2N3O. The van der Waals surface area contributed by atoms with Gasteiger partial charge < -0.3 is 15.0 Å². The Bertz CT molecular complexity index is 502. The number of aliphatic imine (C=N–C) groups is 1. The van der Waals surface area contributed by atoms with Gasteiger partial charge >= 0.3 is 0 Å². The first-order valence-electron chi connectivity index (χ1n) is 7.03. The molecule has 1 fully saturated rings. The fraction of sp³-hybridized carbons (Fsp3) is 0.533. The number of guanidine groups is 1. The second-order valence-corrected chi connectivity index (χ2v) is 6.08. The Morgan fingerprint density at radius 1 is 1.43 bits per heavy atom. The molecule has 21 heavy (non-hydrogen) atoms. The Morgan fingerprint density at radius 3 is 2.86 bits per heavy atom. The highest BCUT2D eigenvalue weighted by molar-refractivity contribution is 6.42. The summed E-state index contributed by atoms with van der Waals surface area (Å²) in [6, 6.07) is 5.68. The summed E-state index contributed by atoms with van der Waals surface area (Å²) < 4.78 is 5.38. The molecule has 1 heterocycles. The molecule has 2 rings (SSSR count). The van der Waals surface area contributed by atoms with Crippen molar-refractivity contribution in [2.75, 3.05) is 33.9 Å². The van der Waals surface area contributed by atoms with Crippen LogP contribution in [0.15, 0.2) is 23.2 Å². The van der Waals surface area contributed by atoms with Gasteiger partial charge in [-0.1, -0.05) is 29.3 Å². The predicted molar refractivity (Wildman–Crippen MR) is 88.2 cm³/mol. The van der Waals surface area contributed by atoms with Gasteiger partial charge in [-0.25, -0.2) is 0 Å². The molecule has 0 bridgehead atoms. The molecule has 1 aromatic carbocycles. The van der Waals surface area contributed by atoms with E-state index in [2.05, 4.69) is 15.2 Å². The molecule has 6 heteroatoms. The largest absolute Gasteiger partial charge is 0.381 e. The fourth-order valence-electron chi connectivity index (χ4n) is 2.35. The Hall–Kier alpha value is -0.970. The van der Waals surface area contributed by atoms with Crippen molar-refractivity contribution >= 4 is 29.2 Å². The van der Waals surface area contributed by atoms with Crippen molar-refractivity contribution in [3.05, 3.63) is 33.8 Å². The quantitative estimate of drug-likeness (QED) is 0.681. The van der Waals surface area contributed by atoms with Gasteiger partial charge in [0.15, 0.2) is 5.96 Å². The lowest BCUT2D eigenvalue weighted by atomic mass is 10.1. The monoisotopic (exact) mass is 329 g/mol. The van der Waals surface area contributed by atoms with Crippen LogP contribution in [0.4, 0.5) is 0 Å². The summed E-state index contributed by atoms with van der Waals surface area (Å²) in [7, 11) is 3.79. The molecule has 4 nitrogen and oxygen atoms in total. The van der Waals surface area contributed by atoms with Crippen LogP contribution in [0.25, 0.3) is 0 Å². The fourth-order valence-corrected chi connectivity index (χ4v) is 2.67. The van der Waals surface area contributed by atoms with Crippen LogP contribution < -0.4 is 5.32 Å². The van der Waals surface area contributed by atoms with Gasteiger partial charge in [0.25, 0.3) is 0 Å². The van der Waals surface area contributed by atoms with Crippen molar-refractivity contribution in [2.24, 2.45) is 10.9 Å². The van der Waals surface area contributed by atoms with E-state index in [-0.39, 0.29) is 0 Å². The zero-order chi connectivity index (χ0) is 15.2. The van der Waals surface area contributed by atoms with E-state index in [1.807, 2.05) is 25.2 Å². The topological polar surface area (TPSA) is 36.9 Å². The molecule has 1 aromatic rings. The molecule has 1 N–H and O–H groups in total. The summed E-state index contributed by atoms with van der Waals surface area (Å²) in [6.45, 7) is 3.31. The van der Waals surface area contributed by atoms with Crippen LogP contribution in [0.1, 0.15) is 12.0 Å². The van der Waals surface area contributed by atoms with Crippen molar-refractivity contribution in [3.63, 3.8) is 0 Å². The number of benzene rings is 1. The summed E-state index contributed by atoms with van der Waals surface area (Å²) in [5, 5.41) is 4.55. The number of hydrogen-bond donors (Lipinski definition) is 1. The average molecular weight is 330 g/mol. The van der Waals surface area contributed by atoms with E-state index in [1.54, 1.807) is 7.05 Å².